The van der Waals surface area contributed by atoms with E-state index in [1.165, 1.54) is 13.0 Å². The predicted molar refractivity (Wildman–Crippen MR) is 50.9 cm³/mol. The van der Waals surface area contributed by atoms with Crippen molar-refractivity contribution in [3.63, 3.8) is 0 Å². The Hall–Kier alpha value is -0.0800. The molecule has 0 aromatic carbocycles. The predicted octanol–water partition coefficient (Wildman–Crippen LogP) is 1.18. The van der Waals surface area contributed by atoms with Gasteiger partial charge in [-0.1, -0.05) is 13.8 Å². The molecule has 0 saturated heterocycles. The molecule has 11 heavy (non-hydrogen) atoms. The summed E-state index contributed by atoms with van der Waals surface area (Å²) < 4.78 is 0. The highest BCUT2D eigenvalue weighted by molar-refractivity contribution is 4.57. The van der Waals surface area contributed by atoms with Gasteiger partial charge >= 0.3 is 0 Å². The SMILES string of the molecule is CCN(C)CCC(C)CNC. The molecule has 0 bridgehead atoms. The molecule has 0 saturated carbocycles. The van der Waals surface area contributed by atoms with Gasteiger partial charge in [-0.25, -0.2) is 0 Å². The Bertz CT molecular complexity index is 83.6. The van der Waals surface area contributed by atoms with Crippen LogP contribution in [0.25, 0.3) is 0 Å². The quantitative estimate of drug-likeness (QED) is 0.624. The van der Waals surface area contributed by atoms with Crippen molar-refractivity contribution in [3.05, 3.63) is 0 Å². The van der Waals surface area contributed by atoms with Crippen LogP contribution in [0.15, 0.2) is 0 Å². The minimum atomic E-state index is 0.800. The van der Waals surface area contributed by atoms with E-state index in [-0.39, 0.29) is 0 Å². The Balaban J connectivity index is 3.22. The first-order valence-corrected chi connectivity index (χ1v) is 4.53. The van der Waals surface area contributed by atoms with Crippen LogP contribution in [0.1, 0.15) is 20.3 Å². The number of nitrogens with zero attached hydrogens (tertiary/aromatic N) is 1. The number of nitrogens with one attached hydrogen (secondary N) is 1. The van der Waals surface area contributed by atoms with Crippen LogP contribution in [0.4, 0.5) is 0 Å². The van der Waals surface area contributed by atoms with E-state index in [0.717, 1.165) is 19.0 Å². The van der Waals surface area contributed by atoms with Crippen LogP contribution in [-0.4, -0.2) is 38.6 Å². The van der Waals surface area contributed by atoms with Gasteiger partial charge in [0.1, 0.15) is 0 Å². The third-order valence-electron chi connectivity index (χ3n) is 2.10. The van der Waals surface area contributed by atoms with Crippen molar-refractivity contribution in [1.82, 2.24) is 10.2 Å². The lowest BCUT2D eigenvalue weighted by Crippen LogP contribution is -2.24. The third kappa shape index (κ3) is 6.32. The molecule has 2 heteroatoms. The van der Waals surface area contributed by atoms with Crippen LogP contribution < -0.4 is 5.32 Å². The van der Waals surface area contributed by atoms with E-state index < -0.39 is 0 Å². The maximum atomic E-state index is 3.19. The second-order valence-corrected chi connectivity index (χ2v) is 3.35. The van der Waals surface area contributed by atoms with E-state index in [1.54, 1.807) is 0 Å². The normalized spacial score (nSPS) is 13.9. The van der Waals surface area contributed by atoms with Crippen LogP contribution in [0.5, 0.6) is 0 Å². The van der Waals surface area contributed by atoms with Gasteiger partial charge in [-0.2, -0.15) is 0 Å². The molecule has 68 valence electrons. The molecule has 0 spiro atoms. The largest absolute Gasteiger partial charge is 0.319 e. The zero-order valence-corrected chi connectivity index (χ0v) is 8.35. The average molecular weight is 158 g/mol. The number of hydrogen-bond donors (Lipinski definition) is 1. The fourth-order valence-electron chi connectivity index (χ4n) is 1.05. The van der Waals surface area contributed by atoms with E-state index in [4.69, 9.17) is 0 Å². The van der Waals surface area contributed by atoms with Gasteiger partial charge in [-0.05, 0) is 46.1 Å². The van der Waals surface area contributed by atoms with E-state index in [2.05, 4.69) is 31.1 Å². The van der Waals surface area contributed by atoms with E-state index >= 15 is 0 Å². The smallest absolute Gasteiger partial charge is 0.00189 e. The summed E-state index contributed by atoms with van der Waals surface area (Å²) in [6.45, 7) is 8.01. The van der Waals surface area contributed by atoms with Crippen molar-refractivity contribution in [3.8, 4) is 0 Å². The second-order valence-electron chi connectivity index (χ2n) is 3.35. The van der Waals surface area contributed by atoms with Gasteiger partial charge in [0, 0.05) is 0 Å². The van der Waals surface area contributed by atoms with Gasteiger partial charge in [-0.3, -0.25) is 0 Å². The van der Waals surface area contributed by atoms with Crippen molar-refractivity contribution in [1.29, 1.82) is 0 Å². The monoisotopic (exact) mass is 158 g/mol. The van der Waals surface area contributed by atoms with E-state index in [0.29, 0.717) is 0 Å². The number of hydrogen-bond acceptors (Lipinski definition) is 2. The molecule has 1 unspecified atom stereocenters. The standard InChI is InChI=1S/C9H22N2/c1-5-11(4)7-6-9(2)8-10-3/h9-10H,5-8H2,1-4H3. The van der Waals surface area contributed by atoms with Crippen molar-refractivity contribution in [2.24, 2.45) is 5.92 Å². The summed E-state index contributed by atoms with van der Waals surface area (Å²) in [6, 6.07) is 0. The van der Waals surface area contributed by atoms with Crippen LogP contribution in [-0.2, 0) is 0 Å². The molecule has 1 N–H and O–H groups in total. The molecule has 0 fully saturated rings. The van der Waals surface area contributed by atoms with Crippen molar-refractivity contribution in [2.45, 2.75) is 20.3 Å². The summed E-state index contributed by atoms with van der Waals surface area (Å²) >= 11 is 0. The second kappa shape index (κ2) is 6.62. The third-order valence-corrected chi connectivity index (χ3v) is 2.10. The Morgan fingerprint density at radius 1 is 1.45 bits per heavy atom. The Morgan fingerprint density at radius 3 is 2.55 bits per heavy atom. The summed E-state index contributed by atoms with van der Waals surface area (Å²) in [6.07, 6.45) is 1.30. The first-order valence-electron chi connectivity index (χ1n) is 4.53. The van der Waals surface area contributed by atoms with Gasteiger partial charge in [0.05, 0.1) is 0 Å². The summed E-state index contributed by atoms with van der Waals surface area (Å²) in [5.74, 6) is 0.800. The van der Waals surface area contributed by atoms with Crippen molar-refractivity contribution in [2.75, 3.05) is 33.7 Å². The highest BCUT2D eigenvalue weighted by Gasteiger charge is 2.01. The molecule has 1 atom stereocenters. The molecule has 0 heterocycles. The van der Waals surface area contributed by atoms with E-state index in [9.17, 15) is 0 Å². The average Bonchev–Trinajstić information content (AvgIpc) is 2.01. The van der Waals surface area contributed by atoms with Crippen LogP contribution >= 0.6 is 0 Å². The molecule has 2 nitrogen and oxygen atoms in total. The summed E-state index contributed by atoms with van der Waals surface area (Å²) in [4.78, 5) is 2.35. The van der Waals surface area contributed by atoms with Gasteiger partial charge in [0.15, 0.2) is 0 Å². The molecule has 0 aliphatic rings. The maximum absolute atomic E-state index is 3.19. The molecule has 0 aromatic rings. The fraction of sp³-hybridized carbons (Fsp3) is 1.00. The minimum absolute atomic E-state index is 0.800. The van der Waals surface area contributed by atoms with Crippen LogP contribution in [0.2, 0.25) is 0 Å². The van der Waals surface area contributed by atoms with Gasteiger partial charge in [0.25, 0.3) is 0 Å². The first-order chi connectivity index (χ1) is 5.20. The Labute approximate surface area is 71.0 Å². The topological polar surface area (TPSA) is 15.3 Å². The van der Waals surface area contributed by atoms with Crippen LogP contribution in [0.3, 0.4) is 0 Å². The van der Waals surface area contributed by atoms with Gasteiger partial charge in [-0.15, -0.1) is 0 Å². The zero-order valence-electron chi connectivity index (χ0n) is 8.35. The summed E-state index contributed by atoms with van der Waals surface area (Å²) in [5.41, 5.74) is 0. The molecular formula is C9H22N2. The zero-order chi connectivity index (χ0) is 8.69. The van der Waals surface area contributed by atoms with Crippen molar-refractivity contribution < 1.29 is 0 Å². The molecular weight excluding hydrogens is 136 g/mol. The molecule has 0 rings (SSSR count). The highest BCUT2D eigenvalue weighted by Crippen LogP contribution is 2.00. The molecule has 0 radical (unpaired) electrons. The summed E-state index contributed by atoms with van der Waals surface area (Å²) in [5, 5.41) is 3.19. The van der Waals surface area contributed by atoms with Gasteiger partial charge < -0.3 is 10.2 Å². The maximum Gasteiger partial charge on any atom is -0.00189 e. The lowest BCUT2D eigenvalue weighted by Gasteiger charge is -2.16. The van der Waals surface area contributed by atoms with E-state index in [1.807, 2.05) is 7.05 Å². The minimum Gasteiger partial charge on any atom is -0.319 e. The molecule has 0 aliphatic heterocycles. The van der Waals surface area contributed by atoms with Crippen LogP contribution in [0, 0.1) is 5.92 Å². The molecule has 0 amide bonds. The first kappa shape index (κ1) is 10.9. The summed E-state index contributed by atoms with van der Waals surface area (Å²) in [7, 11) is 4.19. The lowest BCUT2D eigenvalue weighted by atomic mass is 10.1. The highest BCUT2D eigenvalue weighted by atomic mass is 15.1. The number of rotatable bonds is 6. The Kier molecular flexibility index (Phi) is 6.57. The lowest BCUT2D eigenvalue weighted by molar-refractivity contribution is 0.317. The Morgan fingerprint density at radius 2 is 2.09 bits per heavy atom. The molecule has 0 aromatic heterocycles. The van der Waals surface area contributed by atoms with Crippen molar-refractivity contribution >= 4 is 0 Å². The molecule has 0 aliphatic carbocycles. The fourth-order valence-corrected chi connectivity index (χ4v) is 1.05. The van der Waals surface area contributed by atoms with Gasteiger partial charge in [0.2, 0.25) is 0 Å².